The monoisotopic (exact) mass is 469 g/mol. The summed E-state index contributed by atoms with van der Waals surface area (Å²) < 4.78 is 3.42. The molecule has 0 amide bonds. The normalized spacial score (nSPS) is 11.1. The predicted octanol–water partition coefficient (Wildman–Crippen LogP) is 5.67. The lowest BCUT2D eigenvalue weighted by Crippen LogP contribution is -2.26. The van der Waals surface area contributed by atoms with Crippen LogP contribution < -0.4 is 5.56 Å². The number of hydrogen-bond donors (Lipinski definition) is 0. The Hall–Kier alpha value is -4.84. The summed E-state index contributed by atoms with van der Waals surface area (Å²) in [6.45, 7) is 2.30. The maximum Gasteiger partial charge on any atom is 0.266 e. The fraction of sp³-hybridized carbons (Fsp3) is 0.0667. The molecule has 6 nitrogen and oxygen atoms in total. The second-order valence-electron chi connectivity index (χ2n) is 8.72. The molecule has 0 N–H and O–H groups in total. The highest BCUT2D eigenvalue weighted by atomic mass is 16.1. The molecular formula is C30H23N5O. The minimum Gasteiger partial charge on any atom is -0.268 e. The van der Waals surface area contributed by atoms with E-state index < -0.39 is 0 Å². The van der Waals surface area contributed by atoms with E-state index in [2.05, 4.69) is 34.6 Å². The number of para-hydroxylation sites is 2. The molecule has 0 bridgehead atoms. The zero-order chi connectivity index (χ0) is 24.5. The molecule has 0 aliphatic rings. The number of aromatic nitrogens is 5. The van der Waals surface area contributed by atoms with Crippen molar-refractivity contribution < 1.29 is 0 Å². The SMILES string of the molecule is Cc1ccccc1-n1c(Cn2cc(-c3ccc(-c4ccccc4)cc3)nn2)nc2ccccc2c1=O. The summed E-state index contributed by atoms with van der Waals surface area (Å²) >= 11 is 0. The molecule has 0 radical (unpaired) electrons. The smallest absolute Gasteiger partial charge is 0.266 e. The Balaban J connectivity index is 1.37. The van der Waals surface area contributed by atoms with Crippen LogP contribution in [0, 0.1) is 6.92 Å². The molecule has 0 atom stereocenters. The van der Waals surface area contributed by atoms with Crippen LogP contribution in [-0.4, -0.2) is 24.5 Å². The minimum atomic E-state index is -0.0956. The molecular weight excluding hydrogens is 446 g/mol. The molecule has 4 aromatic carbocycles. The van der Waals surface area contributed by atoms with Crippen molar-refractivity contribution in [2.24, 2.45) is 0 Å². The van der Waals surface area contributed by atoms with Gasteiger partial charge < -0.3 is 0 Å². The molecule has 6 aromatic rings. The number of hydrogen-bond acceptors (Lipinski definition) is 4. The Morgan fingerprint density at radius 2 is 1.39 bits per heavy atom. The van der Waals surface area contributed by atoms with Crippen LogP contribution in [0.2, 0.25) is 0 Å². The third-order valence-corrected chi connectivity index (χ3v) is 6.33. The average molecular weight is 470 g/mol. The summed E-state index contributed by atoms with van der Waals surface area (Å²) in [5.74, 6) is 0.601. The van der Waals surface area contributed by atoms with Gasteiger partial charge in [0.25, 0.3) is 5.56 Å². The van der Waals surface area contributed by atoms with Crippen molar-refractivity contribution >= 4 is 10.9 Å². The number of nitrogens with zero attached hydrogens (tertiary/aromatic N) is 5. The van der Waals surface area contributed by atoms with Gasteiger partial charge in [0.1, 0.15) is 18.1 Å². The second kappa shape index (κ2) is 9.07. The van der Waals surface area contributed by atoms with Crippen molar-refractivity contribution in [2.75, 3.05) is 0 Å². The number of benzene rings is 4. The van der Waals surface area contributed by atoms with Crippen molar-refractivity contribution in [3.8, 4) is 28.1 Å². The zero-order valence-electron chi connectivity index (χ0n) is 19.7. The highest BCUT2D eigenvalue weighted by Gasteiger charge is 2.15. The lowest BCUT2D eigenvalue weighted by atomic mass is 10.0. The van der Waals surface area contributed by atoms with E-state index in [0.29, 0.717) is 23.3 Å². The van der Waals surface area contributed by atoms with Gasteiger partial charge in [-0.1, -0.05) is 90.1 Å². The van der Waals surface area contributed by atoms with E-state index in [0.717, 1.165) is 28.1 Å². The van der Waals surface area contributed by atoms with Gasteiger partial charge in [-0.3, -0.25) is 9.36 Å². The highest BCUT2D eigenvalue weighted by Crippen LogP contribution is 2.24. The van der Waals surface area contributed by atoms with E-state index in [1.165, 1.54) is 5.56 Å². The molecule has 0 aliphatic carbocycles. The quantitative estimate of drug-likeness (QED) is 0.326. The first-order valence-corrected chi connectivity index (χ1v) is 11.8. The van der Waals surface area contributed by atoms with Crippen molar-refractivity contribution in [3.05, 3.63) is 131 Å². The maximum atomic E-state index is 13.5. The summed E-state index contributed by atoms with van der Waals surface area (Å²) in [6, 6.07) is 33.8. The van der Waals surface area contributed by atoms with E-state index in [1.807, 2.05) is 92.0 Å². The topological polar surface area (TPSA) is 65.6 Å². The Labute approximate surface area is 208 Å². The van der Waals surface area contributed by atoms with E-state index in [9.17, 15) is 4.79 Å². The third kappa shape index (κ3) is 3.99. The highest BCUT2D eigenvalue weighted by molar-refractivity contribution is 5.78. The van der Waals surface area contributed by atoms with Gasteiger partial charge in [-0.15, -0.1) is 5.10 Å². The lowest BCUT2D eigenvalue weighted by Gasteiger charge is -2.15. The maximum absolute atomic E-state index is 13.5. The molecule has 2 aromatic heterocycles. The van der Waals surface area contributed by atoms with Gasteiger partial charge in [-0.05, 0) is 41.8 Å². The lowest BCUT2D eigenvalue weighted by molar-refractivity contribution is 0.610. The van der Waals surface area contributed by atoms with Crippen molar-refractivity contribution in [2.45, 2.75) is 13.5 Å². The van der Waals surface area contributed by atoms with Gasteiger partial charge in [0, 0.05) is 5.56 Å². The van der Waals surface area contributed by atoms with Gasteiger partial charge in [-0.25, -0.2) is 9.67 Å². The molecule has 0 aliphatic heterocycles. The van der Waals surface area contributed by atoms with Crippen LogP contribution in [0.5, 0.6) is 0 Å². The van der Waals surface area contributed by atoms with Crippen LogP contribution >= 0.6 is 0 Å². The fourth-order valence-corrected chi connectivity index (χ4v) is 4.46. The Bertz CT molecular complexity index is 1730. The van der Waals surface area contributed by atoms with Gasteiger partial charge in [0.2, 0.25) is 0 Å². The van der Waals surface area contributed by atoms with E-state index in [1.54, 1.807) is 9.25 Å². The van der Waals surface area contributed by atoms with Crippen molar-refractivity contribution in [1.29, 1.82) is 0 Å². The largest absolute Gasteiger partial charge is 0.268 e. The molecule has 0 saturated heterocycles. The second-order valence-corrected chi connectivity index (χ2v) is 8.72. The number of rotatable bonds is 5. The van der Waals surface area contributed by atoms with E-state index in [-0.39, 0.29) is 5.56 Å². The van der Waals surface area contributed by atoms with Gasteiger partial charge in [-0.2, -0.15) is 0 Å². The molecule has 0 unspecified atom stereocenters. The first-order valence-electron chi connectivity index (χ1n) is 11.8. The first-order chi connectivity index (χ1) is 17.7. The average Bonchev–Trinajstić information content (AvgIpc) is 3.39. The Morgan fingerprint density at radius 1 is 0.722 bits per heavy atom. The van der Waals surface area contributed by atoms with Crippen LogP contribution in [-0.2, 0) is 6.54 Å². The molecule has 6 heteroatoms. The van der Waals surface area contributed by atoms with E-state index in [4.69, 9.17) is 4.98 Å². The van der Waals surface area contributed by atoms with Crippen molar-refractivity contribution in [1.82, 2.24) is 24.5 Å². The molecule has 6 rings (SSSR count). The van der Waals surface area contributed by atoms with E-state index >= 15 is 0 Å². The zero-order valence-corrected chi connectivity index (χ0v) is 19.7. The van der Waals surface area contributed by atoms with Gasteiger partial charge in [0.15, 0.2) is 0 Å². The van der Waals surface area contributed by atoms with Crippen LogP contribution in [0.3, 0.4) is 0 Å². The first kappa shape index (κ1) is 21.7. The Kier molecular flexibility index (Phi) is 5.46. The predicted molar refractivity (Wildman–Crippen MR) is 142 cm³/mol. The van der Waals surface area contributed by atoms with Crippen LogP contribution in [0.25, 0.3) is 39.0 Å². The third-order valence-electron chi connectivity index (χ3n) is 6.33. The molecule has 0 saturated carbocycles. The summed E-state index contributed by atoms with van der Waals surface area (Å²) in [5.41, 5.74) is 6.44. The molecule has 174 valence electrons. The summed E-state index contributed by atoms with van der Waals surface area (Å²) in [6.07, 6.45) is 1.89. The van der Waals surface area contributed by atoms with Crippen LogP contribution in [0.4, 0.5) is 0 Å². The van der Waals surface area contributed by atoms with Crippen LogP contribution in [0.1, 0.15) is 11.4 Å². The number of fused-ring (bicyclic) bond motifs is 1. The molecule has 2 heterocycles. The summed E-state index contributed by atoms with van der Waals surface area (Å²) in [5, 5.41) is 9.32. The summed E-state index contributed by atoms with van der Waals surface area (Å²) in [4.78, 5) is 18.4. The molecule has 36 heavy (non-hydrogen) atoms. The van der Waals surface area contributed by atoms with Crippen molar-refractivity contribution in [3.63, 3.8) is 0 Å². The summed E-state index contributed by atoms with van der Waals surface area (Å²) in [7, 11) is 0. The molecule has 0 spiro atoms. The fourth-order valence-electron chi connectivity index (χ4n) is 4.46. The van der Waals surface area contributed by atoms with Gasteiger partial charge in [0.05, 0.1) is 22.8 Å². The molecule has 0 fully saturated rings. The van der Waals surface area contributed by atoms with Crippen LogP contribution in [0.15, 0.2) is 114 Å². The minimum absolute atomic E-state index is 0.0956. The number of aryl methyl sites for hydroxylation is 1. The standard InChI is InChI=1S/C30H23N5O/c1-21-9-5-8-14-28(21)35-29(31-26-13-7-6-12-25(26)30(35)36)20-34-19-27(32-33-34)24-17-15-23(16-18-24)22-10-3-2-4-11-22/h2-19H,20H2,1H3. The van der Waals surface area contributed by atoms with Gasteiger partial charge >= 0.3 is 0 Å². The Morgan fingerprint density at radius 3 is 2.19 bits per heavy atom.